The third kappa shape index (κ3) is 2.45. The van der Waals surface area contributed by atoms with Crippen LogP contribution in [-0.2, 0) is 6.54 Å². The molecule has 0 spiro atoms. The highest BCUT2D eigenvalue weighted by atomic mass is 35.5. The molecule has 90 valence electrons. The van der Waals surface area contributed by atoms with E-state index in [1.807, 2.05) is 0 Å². The maximum absolute atomic E-state index is 10.7. The number of amides is 1. The Hall–Kier alpha value is -1.46. The van der Waals surface area contributed by atoms with Crippen LogP contribution >= 0.6 is 23.2 Å². The maximum atomic E-state index is 10.7. The molecule has 0 saturated carbocycles. The topological polar surface area (TPSA) is 69.2 Å². The summed E-state index contributed by atoms with van der Waals surface area (Å²) in [5.41, 5.74) is 1.39. The van der Waals surface area contributed by atoms with E-state index in [-0.39, 0.29) is 6.54 Å². The third-order valence-electron chi connectivity index (χ3n) is 2.29. The summed E-state index contributed by atoms with van der Waals surface area (Å²) in [6.45, 7) is 0.180. The van der Waals surface area contributed by atoms with Gasteiger partial charge in [0.15, 0.2) is 0 Å². The summed E-state index contributed by atoms with van der Waals surface area (Å²) in [6.07, 6.45) is -1.01. The molecular formula is C10H9Cl2N3O2. The van der Waals surface area contributed by atoms with Crippen LogP contribution in [0.25, 0.3) is 11.0 Å². The van der Waals surface area contributed by atoms with E-state index in [1.54, 1.807) is 12.1 Å². The molecule has 2 aromatic rings. The number of hydrogen-bond donors (Lipinski definition) is 2. The number of hydrogen-bond acceptors (Lipinski definition) is 2. The number of nitrogens with zero attached hydrogens (tertiary/aromatic N) is 2. The largest absolute Gasteiger partial charge is 0.465 e. The third-order valence-corrected chi connectivity index (χ3v) is 3.01. The van der Waals surface area contributed by atoms with Crippen LogP contribution in [0.5, 0.6) is 0 Å². The lowest BCUT2D eigenvalue weighted by molar-refractivity contribution is 0.153. The molecule has 2 rings (SSSR count). The minimum Gasteiger partial charge on any atom is -0.465 e. The maximum Gasteiger partial charge on any atom is 0.407 e. The average Bonchev–Trinajstić information content (AvgIpc) is 2.60. The summed E-state index contributed by atoms with van der Waals surface area (Å²) in [6, 6.07) is 3.30. The number of carbonyl (C=O) groups is 1. The van der Waals surface area contributed by atoms with E-state index in [9.17, 15) is 4.79 Å². The molecule has 1 heterocycles. The van der Waals surface area contributed by atoms with Crippen molar-refractivity contribution in [1.82, 2.24) is 14.9 Å². The summed E-state index contributed by atoms with van der Waals surface area (Å²) in [5.74, 6) is 0.545. The normalized spacial score (nSPS) is 10.8. The summed E-state index contributed by atoms with van der Waals surface area (Å²) >= 11 is 11.7. The van der Waals surface area contributed by atoms with Crippen molar-refractivity contribution in [2.75, 3.05) is 7.05 Å². The first kappa shape index (κ1) is 12.0. The number of fused-ring (bicyclic) bond motifs is 1. The minimum absolute atomic E-state index is 0.180. The van der Waals surface area contributed by atoms with Gasteiger partial charge in [-0.1, -0.05) is 23.2 Å². The molecule has 0 aliphatic carbocycles. The van der Waals surface area contributed by atoms with E-state index in [1.165, 1.54) is 7.05 Å². The van der Waals surface area contributed by atoms with E-state index >= 15 is 0 Å². The standard InChI is InChI=1S/C10H9Cl2N3O2/c1-15(10(16)17)4-9-13-7-2-5(11)6(12)3-8(7)14-9/h2-3H,4H2,1H3,(H,13,14)(H,16,17). The Balaban J connectivity index is 2.35. The van der Waals surface area contributed by atoms with Gasteiger partial charge in [-0.3, -0.25) is 0 Å². The molecule has 0 atom stereocenters. The van der Waals surface area contributed by atoms with E-state index in [4.69, 9.17) is 28.3 Å². The predicted octanol–water partition coefficient (Wildman–Crippen LogP) is 2.98. The Labute approximate surface area is 107 Å². The highest BCUT2D eigenvalue weighted by Gasteiger charge is 2.11. The summed E-state index contributed by atoms with van der Waals surface area (Å²) < 4.78 is 0. The van der Waals surface area contributed by atoms with Gasteiger partial charge in [-0.15, -0.1) is 0 Å². The smallest absolute Gasteiger partial charge is 0.407 e. The van der Waals surface area contributed by atoms with E-state index < -0.39 is 6.09 Å². The molecule has 0 fully saturated rings. The van der Waals surface area contributed by atoms with Gasteiger partial charge < -0.3 is 15.0 Å². The summed E-state index contributed by atoms with van der Waals surface area (Å²) in [7, 11) is 1.47. The van der Waals surface area contributed by atoms with Crippen molar-refractivity contribution < 1.29 is 9.90 Å². The van der Waals surface area contributed by atoms with E-state index in [0.717, 1.165) is 10.4 Å². The van der Waals surface area contributed by atoms with Gasteiger partial charge in [0.05, 0.1) is 27.6 Å². The first-order valence-corrected chi connectivity index (χ1v) is 5.50. The number of aromatic amines is 1. The molecule has 1 aromatic heterocycles. The summed E-state index contributed by atoms with van der Waals surface area (Å²) in [5, 5.41) is 9.60. The molecule has 1 aromatic carbocycles. The number of nitrogens with one attached hydrogen (secondary N) is 1. The zero-order chi connectivity index (χ0) is 12.6. The molecule has 1 amide bonds. The first-order valence-electron chi connectivity index (χ1n) is 4.75. The molecule has 0 unspecified atom stereocenters. The Bertz CT molecular complexity index is 543. The zero-order valence-electron chi connectivity index (χ0n) is 8.87. The molecule has 0 aliphatic heterocycles. The number of benzene rings is 1. The number of H-pyrrole nitrogens is 1. The summed E-state index contributed by atoms with van der Waals surface area (Å²) in [4.78, 5) is 19.0. The van der Waals surface area contributed by atoms with Crippen LogP contribution in [0.2, 0.25) is 10.0 Å². The second-order valence-electron chi connectivity index (χ2n) is 3.61. The van der Waals surface area contributed by atoms with E-state index in [2.05, 4.69) is 9.97 Å². The second-order valence-corrected chi connectivity index (χ2v) is 4.42. The molecule has 2 N–H and O–H groups in total. The highest BCUT2D eigenvalue weighted by molar-refractivity contribution is 6.42. The predicted molar refractivity (Wildman–Crippen MR) is 65.6 cm³/mol. The van der Waals surface area contributed by atoms with Crippen LogP contribution in [0.15, 0.2) is 12.1 Å². The lowest BCUT2D eigenvalue weighted by atomic mass is 10.3. The van der Waals surface area contributed by atoms with Gasteiger partial charge in [0, 0.05) is 7.05 Å². The van der Waals surface area contributed by atoms with Crippen molar-refractivity contribution in [3.05, 3.63) is 28.0 Å². The van der Waals surface area contributed by atoms with Crippen molar-refractivity contribution in [3.8, 4) is 0 Å². The van der Waals surface area contributed by atoms with Gasteiger partial charge in [0.25, 0.3) is 0 Å². The molecule has 0 bridgehead atoms. The Kier molecular flexibility index (Phi) is 3.13. The molecule has 0 saturated heterocycles. The molecule has 0 aliphatic rings. The van der Waals surface area contributed by atoms with Gasteiger partial charge in [-0.25, -0.2) is 9.78 Å². The SMILES string of the molecule is CN(Cc1nc2cc(Cl)c(Cl)cc2[nH]1)C(=O)O. The minimum atomic E-state index is -1.01. The average molecular weight is 274 g/mol. The van der Waals surface area contributed by atoms with Crippen LogP contribution in [0, 0.1) is 0 Å². The van der Waals surface area contributed by atoms with Crippen molar-refractivity contribution >= 4 is 40.3 Å². The molecule has 7 heteroatoms. The van der Waals surface area contributed by atoms with Gasteiger partial charge >= 0.3 is 6.09 Å². The number of rotatable bonds is 2. The fraction of sp³-hybridized carbons (Fsp3) is 0.200. The molecule has 5 nitrogen and oxygen atoms in total. The van der Waals surface area contributed by atoms with Gasteiger partial charge in [0.2, 0.25) is 0 Å². The van der Waals surface area contributed by atoms with Crippen molar-refractivity contribution in [2.45, 2.75) is 6.54 Å². The van der Waals surface area contributed by atoms with Crippen molar-refractivity contribution in [2.24, 2.45) is 0 Å². The molecule has 0 radical (unpaired) electrons. The first-order chi connectivity index (χ1) is 7.97. The van der Waals surface area contributed by atoms with Crippen LogP contribution in [0.3, 0.4) is 0 Å². The number of imidazole rings is 1. The fourth-order valence-electron chi connectivity index (χ4n) is 1.42. The second kappa shape index (κ2) is 4.43. The van der Waals surface area contributed by atoms with Crippen LogP contribution in [-0.4, -0.2) is 33.1 Å². The van der Waals surface area contributed by atoms with Crippen LogP contribution < -0.4 is 0 Å². The van der Waals surface area contributed by atoms with Gasteiger partial charge in [0.1, 0.15) is 5.82 Å². The molecule has 17 heavy (non-hydrogen) atoms. The molecular weight excluding hydrogens is 265 g/mol. The lowest BCUT2D eigenvalue weighted by Gasteiger charge is -2.09. The number of carboxylic acid groups (broad SMARTS) is 1. The quantitative estimate of drug-likeness (QED) is 0.884. The van der Waals surface area contributed by atoms with Gasteiger partial charge in [-0.05, 0) is 12.1 Å². The van der Waals surface area contributed by atoms with Gasteiger partial charge in [-0.2, -0.15) is 0 Å². The zero-order valence-corrected chi connectivity index (χ0v) is 10.4. The van der Waals surface area contributed by atoms with Crippen LogP contribution in [0.4, 0.5) is 4.79 Å². The van der Waals surface area contributed by atoms with Crippen molar-refractivity contribution in [1.29, 1.82) is 0 Å². The lowest BCUT2D eigenvalue weighted by Crippen LogP contribution is -2.24. The van der Waals surface area contributed by atoms with E-state index in [0.29, 0.717) is 21.4 Å². The Morgan fingerprint density at radius 3 is 2.76 bits per heavy atom. The number of aromatic nitrogens is 2. The number of halogens is 2. The monoisotopic (exact) mass is 273 g/mol. The Morgan fingerprint density at radius 1 is 1.47 bits per heavy atom. The Morgan fingerprint density at radius 2 is 2.12 bits per heavy atom. The van der Waals surface area contributed by atoms with Crippen LogP contribution in [0.1, 0.15) is 5.82 Å². The van der Waals surface area contributed by atoms with Crippen molar-refractivity contribution in [3.63, 3.8) is 0 Å². The highest BCUT2D eigenvalue weighted by Crippen LogP contribution is 2.26. The fourth-order valence-corrected chi connectivity index (χ4v) is 1.75.